The van der Waals surface area contributed by atoms with Gasteiger partial charge in [0, 0.05) is 6.08 Å². The van der Waals surface area contributed by atoms with Gasteiger partial charge in [0.2, 0.25) is 0 Å². The minimum atomic E-state index is -0.342. The Morgan fingerprint density at radius 2 is 1.38 bits per heavy atom. The van der Waals surface area contributed by atoms with Gasteiger partial charge in [0.25, 0.3) is 0 Å². The van der Waals surface area contributed by atoms with E-state index in [1.54, 1.807) is 0 Å². The van der Waals surface area contributed by atoms with Crippen LogP contribution in [0.2, 0.25) is 0 Å². The molecular weight excluding hydrogens is 400 g/mol. The highest BCUT2D eigenvalue weighted by Gasteiger charge is 1.98. The highest BCUT2D eigenvalue weighted by molar-refractivity contribution is 5.81. The van der Waals surface area contributed by atoms with E-state index in [0.717, 1.165) is 62.1 Å². The van der Waals surface area contributed by atoms with Crippen LogP contribution in [0.3, 0.4) is 0 Å². The number of hydrogen-bond acceptors (Lipinski definition) is 5. The molecule has 0 fully saturated rings. The SMILES string of the molecule is C=CC(=O)OCCCCCCCCOc1ccc(N=Nc2ccc(CCCC)cc2)cc1. The molecule has 0 aliphatic rings. The Morgan fingerprint density at radius 3 is 1.97 bits per heavy atom. The molecule has 2 aromatic carbocycles. The molecule has 2 rings (SSSR count). The van der Waals surface area contributed by atoms with Gasteiger partial charge < -0.3 is 9.47 Å². The maximum absolute atomic E-state index is 10.9. The Balaban J connectivity index is 1.57. The molecule has 0 spiro atoms. The Labute approximate surface area is 192 Å². The summed E-state index contributed by atoms with van der Waals surface area (Å²) in [5, 5.41) is 8.63. The van der Waals surface area contributed by atoms with Crippen molar-refractivity contribution in [2.24, 2.45) is 10.2 Å². The average Bonchev–Trinajstić information content (AvgIpc) is 2.83. The molecule has 0 aliphatic heterocycles. The maximum atomic E-state index is 10.9. The van der Waals surface area contributed by atoms with Crippen LogP contribution in [0.4, 0.5) is 11.4 Å². The van der Waals surface area contributed by atoms with Gasteiger partial charge in [-0.15, -0.1) is 0 Å². The van der Waals surface area contributed by atoms with Crippen molar-refractivity contribution in [3.63, 3.8) is 0 Å². The minimum absolute atomic E-state index is 0.342. The van der Waals surface area contributed by atoms with Crippen LogP contribution >= 0.6 is 0 Å². The van der Waals surface area contributed by atoms with Crippen molar-refractivity contribution < 1.29 is 14.3 Å². The van der Waals surface area contributed by atoms with Crippen LogP contribution in [0.25, 0.3) is 0 Å². The molecular formula is C27H36N2O3. The van der Waals surface area contributed by atoms with E-state index in [2.05, 4.69) is 35.9 Å². The predicted molar refractivity (Wildman–Crippen MR) is 130 cm³/mol. The third kappa shape index (κ3) is 10.9. The number of benzene rings is 2. The van der Waals surface area contributed by atoms with Gasteiger partial charge in [-0.2, -0.15) is 10.2 Å². The van der Waals surface area contributed by atoms with Crippen molar-refractivity contribution in [3.05, 3.63) is 66.7 Å². The fourth-order valence-corrected chi connectivity index (χ4v) is 3.17. The number of rotatable bonds is 16. The van der Waals surface area contributed by atoms with Crippen molar-refractivity contribution >= 4 is 17.3 Å². The van der Waals surface area contributed by atoms with Crippen molar-refractivity contribution in [1.82, 2.24) is 0 Å². The van der Waals surface area contributed by atoms with Crippen LogP contribution in [-0.4, -0.2) is 19.2 Å². The number of azo groups is 1. The van der Waals surface area contributed by atoms with Crippen molar-refractivity contribution in [3.8, 4) is 5.75 Å². The standard InChI is InChI=1S/C27H36N2O3/c1-3-5-12-23-13-15-24(16-14-23)28-29-25-17-19-26(20-18-25)31-21-10-8-6-7-9-11-22-32-27(30)4-2/h4,13-20H,2-3,5-12,21-22H2,1H3. The third-order valence-corrected chi connectivity index (χ3v) is 5.09. The summed E-state index contributed by atoms with van der Waals surface area (Å²) in [6.07, 6.45) is 11.2. The predicted octanol–water partition coefficient (Wildman–Crippen LogP) is 7.89. The molecule has 0 radical (unpaired) electrons. The van der Waals surface area contributed by atoms with E-state index in [9.17, 15) is 4.79 Å². The van der Waals surface area contributed by atoms with E-state index in [4.69, 9.17) is 9.47 Å². The molecule has 0 heterocycles. The lowest BCUT2D eigenvalue weighted by atomic mass is 10.1. The van der Waals surface area contributed by atoms with Crippen LogP contribution in [-0.2, 0) is 16.0 Å². The largest absolute Gasteiger partial charge is 0.494 e. The summed E-state index contributed by atoms with van der Waals surface area (Å²) in [6, 6.07) is 16.0. The van der Waals surface area contributed by atoms with Gasteiger partial charge in [0.15, 0.2) is 0 Å². The number of aryl methyl sites for hydroxylation is 1. The molecule has 32 heavy (non-hydrogen) atoms. The van der Waals surface area contributed by atoms with Crippen LogP contribution in [0.15, 0.2) is 71.4 Å². The molecule has 172 valence electrons. The monoisotopic (exact) mass is 436 g/mol. The lowest BCUT2D eigenvalue weighted by Crippen LogP contribution is -2.01. The number of carbonyl (C=O) groups is 1. The van der Waals surface area contributed by atoms with Crippen LogP contribution in [0.5, 0.6) is 5.75 Å². The zero-order valence-electron chi connectivity index (χ0n) is 19.3. The molecule has 2 aromatic rings. The first-order chi connectivity index (χ1) is 15.7. The molecule has 0 N–H and O–H groups in total. The summed E-state index contributed by atoms with van der Waals surface area (Å²) in [7, 11) is 0. The van der Waals surface area contributed by atoms with Gasteiger partial charge in [-0.05, 0) is 67.6 Å². The number of carbonyl (C=O) groups excluding carboxylic acids is 1. The maximum Gasteiger partial charge on any atom is 0.330 e. The molecule has 0 saturated heterocycles. The van der Waals surface area contributed by atoms with Crippen molar-refractivity contribution in [2.75, 3.05) is 13.2 Å². The Hall–Kier alpha value is -2.95. The molecule has 0 unspecified atom stereocenters. The first-order valence-corrected chi connectivity index (χ1v) is 11.7. The molecule has 0 aliphatic carbocycles. The molecule has 0 saturated carbocycles. The Kier molecular flexibility index (Phi) is 12.5. The lowest BCUT2D eigenvalue weighted by molar-refractivity contribution is -0.137. The summed E-state index contributed by atoms with van der Waals surface area (Å²) in [4.78, 5) is 10.9. The molecule has 0 bridgehead atoms. The van der Waals surface area contributed by atoms with E-state index < -0.39 is 0 Å². The van der Waals surface area contributed by atoms with Crippen LogP contribution < -0.4 is 4.74 Å². The topological polar surface area (TPSA) is 60.2 Å². The van der Waals surface area contributed by atoms with Crippen LogP contribution in [0, 0.1) is 0 Å². The van der Waals surface area contributed by atoms with E-state index >= 15 is 0 Å². The quantitative estimate of drug-likeness (QED) is 0.116. The van der Waals surface area contributed by atoms with Gasteiger partial charge in [0.05, 0.1) is 24.6 Å². The van der Waals surface area contributed by atoms with Gasteiger partial charge in [-0.3, -0.25) is 0 Å². The molecule has 5 heteroatoms. The van der Waals surface area contributed by atoms with Crippen molar-refractivity contribution in [1.29, 1.82) is 0 Å². The molecule has 0 amide bonds. The number of hydrogen-bond donors (Lipinski definition) is 0. The molecule has 0 atom stereocenters. The van der Waals surface area contributed by atoms with E-state index in [-0.39, 0.29) is 5.97 Å². The summed E-state index contributed by atoms with van der Waals surface area (Å²) in [5.41, 5.74) is 3.02. The van der Waals surface area contributed by atoms with E-state index in [1.807, 2.05) is 36.4 Å². The van der Waals surface area contributed by atoms with Gasteiger partial charge >= 0.3 is 5.97 Å². The first-order valence-electron chi connectivity index (χ1n) is 11.7. The Morgan fingerprint density at radius 1 is 0.812 bits per heavy atom. The highest BCUT2D eigenvalue weighted by atomic mass is 16.5. The summed E-state index contributed by atoms with van der Waals surface area (Å²) < 4.78 is 10.8. The smallest absolute Gasteiger partial charge is 0.330 e. The normalized spacial score (nSPS) is 10.9. The average molecular weight is 437 g/mol. The van der Waals surface area contributed by atoms with Gasteiger partial charge in [0.1, 0.15) is 5.75 Å². The third-order valence-electron chi connectivity index (χ3n) is 5.09. The van der Waals surface area contributed by atoms with Gasteiger partial charge in [-0.1, -0.05) is 57.7 Å². The number of esters is 1. The summed E-state index contributed by atoms with van der Waals surface area (Å²) in [5.74, 6) is 0.513. The zero-order valence-corrected chi connectivity index (χ0v) is 19.3. The number of ether oxygens (including phenoxy) is 2. The second kappa shape index (κ2) is 15.8. The fourth-order valence-electron chi connectivity index (χ4n) is 3.17. The second-order valence-electron chi connectivity index (χ2n) is 7.81. The summed E-state index contributed by atoms with van der Waals surface area (Å²) in [6.45, 7) is 6.77. The fraction of sp³-hybridized carbons (Fsp3) is 0.444. The first kappa shape index (κ1) is 25.3. The van der Waals surface area contributed by atoms with Gasteiger partial charge in [-0.25, -0.2) is 4.79 Å². The number of unbranched alkanes of at least 4 members (excludes halogenated alkanes) is 6. The summed E-state index contributed by atoms with van der Waals surface area (Å²) >= 11 is 0. The highest BCUT2D eigenvalue weighted by Crippen LogP contribution is 2.22. The number of nitrogens with zero attached hydrogens (tertiary/aromatic N) is 2. The van der Waals surface area contributed by atoms with Crippen LogP contribution in [0.1, 0.15) is 63.9 Å². The zero-order chi connectivity index (χ0) is 22.9. The minimum Gasteiger partial charge on any atom is -0.494 e. The van der Waals surface area contributed by atoms with Crippen molar-refractivity contribution in [2.45, 2.75) is 64.7 Å². The lowest BCUT2D eigenvalue weighted by Gasteiger charge is -2.06. The molecule has 5 nitrogen and oxygen atoms in total. The molecule has 0 aromatic heterocycles. The van der Waals surface area contributed by atoms with E-state index in [0.29, 0.717) is 13.2 Å². The second-order valence-corrected chi connectivity index (χ2v) is 7.81. The Bertz CT molecular complexity index is 814. The van der Waals surface area contributed by atoms with E-state index in [1.165, 1.54) is 24.5 Å².